The Kier molecular flexibility index (Phi) is 7.85. The van der Waals surface area contributed by atoms with Crippen molar-refractivity contribution < 1.29 is 41.3 Å². The van der Waals surface area contributed by atoms with Gasteiger partial charge < -0.3 is 24.1 Å². The standard InChI is InChI=1S/C25H24F2O7S/c1-31-22-12-17(14-35(29,30)18-7-8-19(26)20(27)13-18)16(11-21(22)28)6-5-15-9-23(32-2)25(34-4)24(10-15)33-3/h5-13,28H,14H2,1-4H3/b6-5-. The number of hydrogen-bond donors (Lipinski definition) is 1. The van der Waals surface area contributed by atoms with Crippen LogP contribution in [0.2, 0.25) is 0 Å². The fraction of sp³-hybridized carbons (Fsp3) is 0.200. The number of phenols is 1. The smallest absolute Gasteiger partial charge is 0.203 e. The van der Waals surface area contributed by atoms with E-state index in [2.05, 4.69) is 0 Å². The first-order valence-electron chi connectivity index (χ1n) is 10.2. The number of rotatable bonds is 9. The maximum atomic E-state index is 13.7. The number of aromatic hydroxyl groups is 1. The third-order valence-electron chi connectivity index (χ3n) is 5.18. The summed E-state index contributed by atoms with van der Waals surface area (Å²) >= 11 is 0. The van der Waals surface area contributed by atoms with E-state index in [4.69, 9.17) is 18.9 Å². The summed E-state index contributed by atoms with van der Waals surface area (Å²) in [7, 11) is 1.71. The molecule has 35 heavy (non-hydrogen) atoms. The van der Waals surface area contributed by atoms with E-state index in [0.717, 1.165) is 12.1 Å². The molecule has 3 rings (SSSR count). The summed E-state index contributed by atoms with van der Waals surface area (Å²) in [5, 5.41) is 10.3. The molecule has 10 heteroatoms. The molecule has 0 amide bonds. The summed E-state index contributed by atoms with van der Waals surface area (Å²) in [5.41, 5.74) is 1.28. The third kappa shape index (κ3) is 5.65. The highest BCUT2D eigenvalue weighted by Gasteiger charge is 2.21. The molecule has 0 radical (unpaired) electrons. The zero-order chi connectivity index (χ0) is 25.8. The summed E-state index contributed by atoms with van der Waals surface area (Å²) in [4.78, 5) is -0.372. The Balaban J connectivity index is 2.06. The molecule has 0 heterocycles. The number of hydrogen-bond acceptors (Lipinski definition) is 7. The maximum Gasteiger partial charge on any atom is 0.203 e. The van der Waals surface area contributed by atoms with Crippen molar-refractivity contribution in [2.75, 3.05) is 28.4 Å². The molecule has 0 aliphatic rings. The molecule has 0 atom stereocenters. The molecule has 0 fully saturated rings. The molecule has 0 saturated heterocycles. The van der Waals surface area contributed by atoms with Crippen molar-refractivity contribution in [1.29, 1.82) is 0 Å². The largest absolute Gasteiger partial charge is 0.504 e. The van der Waals surface area contributed by atoms with Gasteiger partial charge in [0.15, 0.2) is 44.5 Å². The highest BCUT2D eigenvalue weighted by Crippen LogP contribution is 2.39. The molecule has 3 aromatic carbocycles. The van der Waals surface area contributed by atoms with Crippen LogP contribution in [-0.2, 0) is 15.6 Å². The van der Waals surface area contributed by atoms with Crippen LogP contribution in [0, 0.1) is 11.6 Å². The quantitative estimate of drug-likeness (QED) is 0.328. The molecular weight excluding hydrogens is 482 g/mol. The lowest BCUT2D eigenvalue weighted by Gasteiger charge is -2.13. The first-order chi connectivity index (χ1) is 16.6. The molecule has 0 aliphatic carbocycles. The fourth-order valence-electron chi connectivity index (χ4n) is 3.41. The molecule has 0 unspecified atom stereocenters. The summed E-state index contributed by atoms with van der Waals surface area (Å²) in [6.07, 6.45) is 3.26. The monoisotopic (exact) mass is 506 g/mol. The van der Waals surface area contributed by atoms with E-state index in [1.165, 1.54) is 40.6 Å². The highest BCUT2D eigenvalue weighted by atomic mass is 32.2. The first kappa shape index (κ1) is 25.8. The van der Waals surface area contributed by atoms with E-state index >= 15 is 0 Å². The Bertz CT molecular complexity index is 1340. The SMILES string of the molecule is COc1cc(CS(=O)(=O)c2ccc(F)c(F)c2)c(/C=C\c2cc(OC)c(OC)c(OC)c2)cc1O. The molecule has 3 aromatic rings. The van der Waals surface area contributed by atoms with Crippen LogP contribution in [0.3, 0.4) is 0 Å². The number of ether oxygens (including phenoxy) is 4. The second-order valence-corrected chi connectivity index (χ2v) is 9.34. The minimum absolute atomic E-state index is 0.0606. The van der Waals surface area contributed by atoms with Crippen molar-refractivity contribution in [3.63, 3.8) is 0 Å². The second kappa shape index (κ2) is 10.6. The predicted molar refractivity (Wildman–Crippen MR) is 127 cm³/mol. The number of sulfone groups is 1. The Morgan fingerprint density at radius 1 is 0.800 bits per heavy atom. The van der Waals surface area contributed by atoms with Gasteiger partial charge >= 0.3 is 0 Å². The van der Waals surface area contributed by atoms with Gasteiger partial charge in [-0.2, -0.15) is 0 Å². The lowest BCUT2D eigenvalue weighted by molar-refractivity contribution is 0.324. The van der Waals surface area contributed by atoms with E-state index in [1.54, 1.807) is 24.3 Å². The highest BCUT2D eigenvalue weighted by molar-refractivity contribution is 7.90. The molecular formula is C25H24F2O7S. The van der Waals surface area contributed by atoms with Crippen molar-refractivity contribution >= 4 is 22.0 Å². The summed E-state index contributed by atoms with van der Waals surface area (Å²) in [6, 6.07) is 8.50. The van der Waals surface area contributed by atoms with Gasteiger partial charge in [0.1, 0.15) is 0 Å². The molecule has 186 valence electrons. The third-order valence-corrected chi connectivity index (χ3v) is 6.84. The summed E-state index contributed by atoms with van der Waals surface area (Å²) in [5.74, 6) is -1.86. The van der Waals surface area contributed by atoms with Gasteiger partial charge in [-0.15, -0.1) is 0 Å². The van der Waals surface area contributed by atoms with Gasteiger partial charge in [-0.1, -0.05) is 12.2 Å². The summed E-state index contributed by atoms with van der Waals surface area (Å²) < 4.78 is 74.0. The number of benzene rings is 3. The van der Waals surface area contributed by atoms with Crippen LogP contribution >= 0.6 is 0 Å². The Labute approximate surface area is 202 Å². The van der Waals surface area contributed by atoms with Crippen LogP contribution in [0.25, 0.3) is 12.2 Å². The number of phenolic OH excluding ortho intramolecular Hbond substituents is 1. The van der Waals surface area contributed by atoms with Crippen LogP contribution < -0.4 is 18.9 Å². The Morgan fingerprint density at radius 3 is 1.97 bits per heavy atom. The van der Waals surface area contributed by atoms with Gasteiger partial charge in [-0.05, 0) is 59.2 Å². The predicted octanol–water partition coefficient (Wildman–Crippen LogP) is 4.85. The van der Waals surface area contributed by atoms with Crippen molar-refractivity contribution in [2.24, 2.45) is 0 Å². The minimum Gasteiger partial charge on any atom is -0.504 e. The molecule has 7 nitrogen and oxygen atoms in total. The fourth-order valence-corrected chi connectivity index (χ4v) is 4.80. The van der Waals surface area contributed by atoms with Crippen LogP contribution in [0.1, 0.15) is 16.7 Å². The van der Waals surface area contributed by atoms with E-state index in [9.17, 15) is 22.3 Å². The van der Waals surface area contributed by atoms with Gasteiger partial charge in [0.2, 0.25) is 5.75 Å². The molecule has 1 N–H and O–H groups in total. The van der Waals surface area contributed by atoms with Gasteiger partial charge in [-0.25, -0.2) is 17.2 Å². The van der Waals surface area contributed by atoms with E-state index in [-0.39, 0.29) is 22.0 Å². The Morgan fingerprint density at radius 2 is 1.43 bits per heavy atom. The number of halogens is 2. The summed E-state index contributed by atoms with van der Waals surface area (Å²) in [6.45, 7) is 0. The van der Waals surface area contributed by atoms with Crippen LogP contribution in [0.15, 0.2) is 47.4 Å². The average Bonchev–Trinajstić information content (AvgIpc) is 2.84. The Hall–Kier alpha value is -3.79. The normalized spacial score (nSPS) is 11.5. The van der Waals surface area contributed by atoms with Crippen LogP contribution in [0.5, 0.6) is 28.7 Å². The van der Waals surface area contributed by atoms with Crippen molar-refractivity contribution in [3.8, 4) is 28.7 Å². The molecule has 0 bridgehead atoms. The van der Waals surface area contributed by atoms with Gasteiger partial charge in [-0.3, -0.25) is 0 Å². The second-order valence-electron chi connectivity index (χ2n) is 7.35. The number of methoxy groups -OCH3 is 4. The van der Waals surface area contributed by atoms with E-state index in [1.807, 2.05) is 0 Å². The zero-order valence-electron chi connectivity index (χ0n) is 19.5. The van der Waals surface area contributed by atoms with Crippen LogP contribution in [-0.4, -0.2) is 42.0 Å². The van der Waals surface area contributed by atoms with Gasteiger partial charge in [0.25, 0.3) is 0 Å². The lowest BCUT2D eigenvalue weighted by atomic mass is 10.1. The first-order valence-corrected chi connectivity index (χ1v) is 11.8. The zero-order valence-corrected chi connectivity index (χ0v) is 20.3. The molecule has 0 aliphatic heterocycles. The molecule has 0 aromatic heterocycles. The topological polar surface area (TPSA) is 91.3 Å². The van der Waals surface area contributed by atoms with Crippen LogP contribution in [0.4, 0.5) is 8.78 Å². The lowest BCUT2D eigenvalue weighted by Crippen LogP contribution is -2.07. The van der Waals surface area contributed by atoms with Gasteiger partial charge in [0, 0.05) is 0 Å². The van der Waals surface area contributed by atoms with Crippen molar-refractivity contribution in [2.45, 2.75) is 10.6 Å². The maximum absolute atomic E-state index is 13.7. The van der Waals surface area contributed by atoms with Gasteiger partial charge in [0.05, 0.1) is 39.1 Å². The van der Waals surface area contributed by atoms with Crippen molar-refractivity contribution in [3.05, 3.63) is 70.8 Å². The minimum atomic E-state index is -4.06. The average molecular weight is 507 g/mol. The van der Waals surface area contributed by atoms with E-state index in [0.29, 0.717) is 34.4 Å². The molecule has 0 saturated carbocycles. The molecule has 0 spiro atoms. The van der Waals surface area contributed by atoms with E-state index < -0.39 is 27.2 Å². The van der Waals surface area contributed by atoms with Crippen molar-refractivity contribution in [1.82, 2.24) is 0 Å².